The lowest BCUT2D eigenvalue weighted by Crippen LogP contribution is -2.41. The van der Waals surface area contributed by atoms with E-state index >= 15 is 0 Å². The molecule has 3 rings (SSSR count). The first-order valence-corrected chi connectivity index (χ1v) is 7.45. The van der Waals surface area contributed by atoms with Gasteiger partial charge >= 0.3 is 12.3 Å². The summed E-state index contributed by atoms with van der Waals surface area (Å²) in [7, 11) is 0. The van der Waals surface area contributed by atoms with E-state index in [0.717, 1.165) is 10.5 Å². The van der Waals surface area contributed by atoms with Gasteiger partial charge in [0.1, 0.15) is 6.61 Å². The second-order valence-corrected chi connectivity index (χ2v) is 6.02. The van der Waals surface area contributed by atoms with Crippen molar-refractivity contribution in [3.63, 3.8) is 0 Å². The molecule has 2 amide bonds. The first kappa shape index (κ1) is 15.8. The first-order chi connectivity index (χ1) is 10.8. The highest BCUT2D eigenvalue weighted by molar-refractivity contribution is 5.95. The molecule has 1 aliphatic carbocycles. The van der Waals surface area contributed by atoms with Gasteiger partial charge in [-0.3, -0.25) is 4.79 Å². The van der Waals surface area contributed by atoms with Crippen molar-refractivity contribution >= 4 is 12.0 Å². The average Bonchev–Trinajstić information content (AvgIpc) is 3.10. The summed E-state index contributed by atoms with van der Waals surface area (Å²) in [5, 5.41) is 0. The third-order valence-electron chi connectivity index (χ3n) is 4.42. The van der Waals surface area contributed by atoms with E-state index in [1.807, 2.05) is 30.3 Å². The highest BCUT2D eigenvalue weighted by atomic mass is 19.4. The normalized spacial score (nSPS) is 26.5. The Labute approximate surface area is 131 Å². The molecule has 0 unspecified atom stereocenters. The number of carbonyl (C=O) groups is 2. The van der Waals surface area contributed by atoms with Gasteiger partial charge in [-0.25, -0.2) is 9.69 Å². The molecule has 1 spiro atoms. The monoisotopic (exact) mass is 327 g/mol. The Hall–Kier alpha value is -2.05. The minimum Gasteiger partial charge on any atom is -0.447 e. The van der Waals surface area contributed by atoms with Crippen LogP contribution in [0.2, 0.25) is 0 Å². The van der Waals surface area contributed by atoms with Gasteiger partial charge in [0.2, 0.25) is 5.91 Å². The summed E-state index contributed by atoms with van der Waals surface area (Å²) in [6, 6.07) is 9.43. The van der Waals surface area contributed by atoms with Crippen LogP contribution in [0.4, 0.5) is 18.0 Å². The van der Waals surface area contributed by atoms with Crippen molar-refractivity contribution in [1.82, 2.24) is 4.90 Å². The van der Waals surface area contributed by atoms with Crippen molar-refractivity contribution < 1.29 is 27.5 Å². The third kappa shape index (κ3) is 3.04. The number of hydrogen-bond acceptors (Lipinski definition) is 3. The van der Waals surface area contributed by atoms with Crippen LogP contribution in [-0.4, -0.2) is 35.2 Å². The number of carbonyl (C=O) groups excluding carboxylic acids is 2. The van der Waals surface area contributed by atoms with Crippen LogP contribution in [0.3, 0.4) is 0 Å². The van der Waals surface area contributed by atoms with Crippen molar-refractivity contribution in [2.75, 3.05) is 6.61 Å². The number of ether oxygens (including phenoxy) is 1. The van der Waals surface area contributed by atoms with E-state index in [2.05, 4.69) is 0 Å². The lowest BCUT2D eigenvalue weighted by Gasteiger charge is -2.20. The van der Waals surface area contributed by atoms with Crippen molar-refractivity contribution in [3.8, 4) is 0 Å². The molecule has 0 radical (unpaired) electrons. The van der Waals surface area contributed by atoms with Gasteiger partial charge in [0.05, 0.1) is 5.54 Å². The van der Waals surface area contributed by atoms with Crippen LogP contribution in [0.25, 0.3) is 0 Å². The van der Waals surface area contributed by atoms with Gasteiger partial charge in [-0.15, -0.1) is 0 Å². The Morgan fingerprint density at radius 1 is 1.30 bits per heavy atom. The SMILES string of the molecule is O=C(CCCC(F)(F)F)N1C(=O)OC[C@]12C[C@H]2c1ccccc1. The number of imide groups is 1. The Morgan fingerprint density at radius 3 is 2.65 bits per heavy atom. The maximum Gasteiger partial charge on any atom is 0.417 e. The smallest absolute Gasteiger partial charge is 0.417 e. The number of amides is 2. The molecule has 2 fully saturated rings. The van der Waals surface area contributed by atoms with Crippen molar-refractivity contribution in [3.05, 3.63) is 35.9 Å². The second-order valence-electron chi connectivity index (χ2n) is 6.02. The van der Waals surface area contributed by atoms with Crippen LogP contribution < -0.4 is 0 Å². The number of nitrogens with zero attached hydrogens (tertiary/aromatic N) is 1. The van der Waals surface area contributed by atoms with E-state index in [1.54, 1.807) is 0 Å². The molecule has 4 nitrogen and oxygen atoms in total. The number of cyclic esters (lactones) is 1. The van der Waals surface area contributed by atoms with Gasteiger partial charge in [0.15, 0.2) is 0 Å². The lowest BCUT2D eigenvalue weighted by atomic mass is 10.1. The van der Waals surface area contributed by atoms with Gasteiger partial charge in [0.25, 0.3) is 0 Å². The fourth-order valence-electron chi connectivity index (χ4n) is 3.21. The quantitative estimate of drug-likeness (QED) is 0.848. The van der Waals surface area contributed by atoms with E-state index in [1.165, 1.54) is 0 Å². The minimum absolute atomic E-state index is 0.0123. The molecule has 124 valence electrons. The van der Waals surface area contributed by atoms with Gasteiger partial charge in [-0.2, -0.15) is 13.2 Å². The van der Waals surface area contributed by atoms with E-state index in [-0.39, 0.29) is 25.4 Å². The fraction of sp³-hybridized carbons (Fsp3) is 0.500. The van der Waals surface area contributed by atoms with E-state index < -0.39 is 30.1 Å². The van der Waals surface area contributed by atoms with Crippen LogP contribution in [0.5, 0.6) is 0 Å². The van der Waals surface area contributed by atoms with Crippen molar-refractivity contribution in [2.24, 2.45) is 0 Å². The number of alkyl halides is 3. The maximum atomic E-state index is 12.2. The molecule has 0 bridgehead atoms. The topological polar surface area (TPSA) is 46.6 Å². The first-order valence-electron chi connectivity index (χ1n) is 7.45. The Bertz CT molecular complexity index is 617. The molecule has 1 heterocycles. The molecular weight excluding hydrogens is 311 g/mol. The number of halogens is 3. The number of rotatable bonds is 4. The summed E-state index contributed by atoms with van der Waals surface area (Å²) >= 11 is 0. The summed E-state index contributed by atoms with van der Waals surface area (Å²) < 4.78 is 41.6. The van der Waals surface area contributed by atoms with Crippen LogP contribution in [-0.2, 0) is 9.53 Å². The molecular formula is C16H16F3NO3. The number of benzene rings is 1. The predicted molar refractivity (Wildman–Crippen MR) is 74.6 cm³/mol. The van der Waals surface area contributed by atoms with Gasteiger partial charge in [0, 0.05) is 18.8 Å². The molecule has 0 N–H and O–H groups in total. The number of hydrogen-bond donors (Lipinski definition) is 0. The fourth-order valence-corrected chi connectivity index (χ4v) is 3.21. The van der Waals surface area contributed by atoms with Crippen LogP contribution in [0.15, 0.2) is 30.3 Å². The van der Waals surface area contributed by atoms with Crippen LogP contribution in [0, 0.1) is 0 Å². The zero-order valence-corrected chi connectivity index (χ0v) is 12.3. The van der Waals surface area contributed by atoms with Gasteiger partial charge < -0.3 is 4.74 Å². The molecule has 1 aromatic carbocycles. The molecule has 2 atom stereocenters. The van der Waals surface area contributed by atoms with Crippen molar-refractivity contribution in [1.29, 1.82) is 0 Å². The standard InChI is InChI=1S/C16H16F3NO3/c17-16(18,19)8-4-7-13(21)20-14(22)23-10-15(20)9-12(15)11-5-2-1-3-6-11/h1-3,5-6,12H,4,7-10H2/t12-,15-/m0/s1. The van der Waals surface area contributed by atoms with Crippen LogP contribution in [0.1, 0.15) is 37.2 Å². The molecule has 23 heavy (non-hydrogen) atoms. The van der Waals surface area contributed by atoms with Crippen molar-refractivity contribution in [2.45, 2.75) is 43.3 Å². The molecule has 7 heteroatoms. The van der Waals surface area contributed by atoms with E-state index in [9.17, 15) is 22.8 Å². The summed E-state index contributed by atoms with van der Waals surface area (Å²) in [5.74, 6) is -0.600. The molecule has 2 aliphatic rings. The highest BCUT2D eigenvalue weighted by Crippen LogP contribution is 2.58. The third-order valence-corrected chi connectivity index (χ3v) is 4.42. The summed E-state index contributed by atoms with van der Waals surface area (Å²) in [4.78, 5) is 25.1. The zero-order valence-electron chi connectivity index (χ0n) is 12.3. The Morgan fingerprint density at radius 2 is 2.00 bits per heavy atom. The minimum atomic E-state index is -4.30. The molecule has 1 aromatic rings. The maximum absolute atomic E-state index is 12.2. The summed E-state index contributed by atoms with van der Waals surface area (Å²) in [6.07, 6.45) is -6.11. The Balaban J connectivity index is 1.68. The molecule has 1 aliphatic heterocycles. The highest BCUT2D eigenvalue weighted by Gasteiger charge is 2.66. The van der Waals surface area contributed by atoms with Crippen LogP contribution >= 0.6 is 0 Å². The second kappa shape index (κ2) is 5.54. The lowest BCUT2D eigenvalue weighted by molar-refractivity contribution is -0.139. The summed E-state index contributed by atoms with van der Waals surface area (Å²) in [6.45, 7) is 0.108. The Kier molecular flexibility index (Phi) is 3.82. The largest absolute Gasteiger partial charge is 0.447 e. The summed E-state index contributed by atoms with van der Waals surface area (Å²) in [5.41, 5.74) is 0.284. The predicted octanol–water partition coefficient (Wildman–Crippen LogP) is 3.62. The average molecular weight is 327 g/mol. The molecule has 1 saturated carbocycles. The zero-order chi connectivity index (χ0) is 16.7. The molecule has 1 saturated heterocycles. The van der Waals surface area contributed by atoms with E-state index in [4.69, 9.17) is 4.74 Å². The molecule has 0 aromatic heterocycles. The van der Waals surface area contributed by atoms with Gasteiger partial charge in [-0.1, -0.05) is 30.3 Å². The van der Waals surface area contributed by atoms with E-state index in [0.29, 0.717) is 6.42 Å². The van der Waals surface area contributed by atoms with Gasteiger partial charge in [-0.05, 0) is 18.4 Å².